The highest BCUT2D eigenvalue weighted by Crippen LogP contribution is 2.29. The molecule has 0 aliphatic carbocycles. The summed E-state index contributed by atoms with van der Waals surface area (Å²) in [7, 11) is 0. The molecule has 0 spiro atoms. The van der Waals surface area contributed by atoms with Crippen LogP contribution in [0.1, 0.15) is 31.7 Å². The van der Waals surface area contributed by atoms with Crippen LogP contribution in [0.15, 0.2) is 46.9 Å². The number of amides is 1. The second-order valence-electron chi connectivity index (χ2n) is 7.68. The molecule has 9 heteroatoms. The Kier molecular flexibility index (Phi) is 7.26. The van der Waals surface area contributed by atoms with Crippen LogP contribution >= 0.6 is 23.1 Å². The number of nitrogens with one attached hydrogen (secondary N) is 1. The number of carbonyl (C=O) groups is 1. The number of rotatable bonds is 8. The van der Waals surface area contributed by atoms with E-state index in [2.05, 4.69) is 33.7 Å². The van der Waals surface area contributed by atoms with Crippen LogP contribution < -0.4 is 15.8 Å². The molecular formula is C23H27N5O2S2. The first kappa shape index (κ1) is 22.5. The summed E-state index contributed by atoms with van der Waals surface area (Å²) in [6.07, 6.45) is 6.14. The van der Waals surface area contributed by atoms with Gasteiger partial charge in [-0.25, -0.2) is 4.98 Å². The maximum absolute atomic E-state index is 13.1. The molecule has 1 N–H and O–H groups in total. The van der Waals surface area contributed by atoms with Gasteiger partial charge in [-0.3, -0.25) is 14.2 Å². The maximum Gasteiger partial charge on any atom is 0.274 e. The molecule has 0 radical (unpaired) electrons. The number of anilines is 2. The van der Waals surface area contributed by atoms with E-state index in [9.17, 15) is 9.59 Å². The Morgan fingerprint density at radius 2 is 1.97 bits per heavy atom. The van der Waals surface area contributed by atoms with Crippen molar-refractivity contribution >= 4 is 50.2 Å². The zero-order chi connectivity index (χ0) is 22.5. The molecule has 0 unspecified atom stereocenters. The molecule has 168 valence electrons. The third kappa shape index (κ3) is 5.05. The normalized spacial score (nSPS) is 14.0. The predicted molar refractivity (Wildman–Crippen MR) is 133 cm³/mol. The highest BCUT2D eigenvalue weighted by molar-refractivity contribution is 7.99. The number of hydrogen-bond donors (Lipinski definition) is 1. The van der Waals surface area contributed by atoms with Crippen LogP contribution in [-0.4, -0.2) is 39.3 Å². The average molecular weight is 470 g/mol. The van der Waals surface area contributed by atoms with Crippen molar-refractivity contribution in [2.75, 3.05) is 29.1 Å². The maximum atomic E-state index is 13.1. The molecule has 1 aliphatic heterocycles. The largest absolute Gasteiger partial charge is 0.348 e. The van der Waals surface area contributed by atoms with Gasteiger partial charge in [0, 0.05) is 25.3 Å². The fourth-order valence-corrected chi connectivity index (χ4v) is 5.45. The number of allylic oxidation sites excluding steroid dienone is 1. The van der Waals surface area contributed by atoms with Gasteiger partial charge in [0.2, 0.25) is 5.91 Å². The molecular weight excluding hydrogens is 442 g/mol. The van der Waals surface area contributed by atoms with Crippen LogP contribution in [0.3, 0.4) is 0 Å². The first-order valence-electron chi connectivity index (χ1n) is 10.9. The minimum absolute atomic E-state index is 0.131. The Bertz CT molecular complexity index is 1160. The average Bonchev–Trinajstić information content (AvgIpc) is 3.25. The molecule has 3 aromatic rings. The molecule has 4 rings (SSSR count). The topological polar surface area (TPSA) is 80.1 Å². The molecule has 1 aliphatic rings. The first-order valence-corrected chi connectivity index (χ1v) is 12.7. The number of thioether (sulfide) groups is 1. The second-order valence-corrected chi connectivity index (χ2v) is 9.60. The number of thiazole rings is 1. The number of fused-ring (bicyclic) bond motifs is 1. The van der Waals surface area contributed by atoms with E-state index in [1.54, 1.807) is 10.6 Å². The van der Waals surface area contributed by atoms with Crippen LogP contribution in [0.25, 0.3) is 10.3 Å². The molecule has 3 heterocycles. The molecule has 1 aromatic carbocycles. The van der Waals surface area contributed by atoms with E-state index in [4.69, 9.17) is 0 Å². The van der Waals surface area contributed by atoms with E-state index < -0.39 is 0 Å². The van der Waals surface area contributed by atoms with Gasteiger partial charge in [0.1, 0.15) is 4.70 Å². The van der Waals surface area contributed by atoms with E-state index in [1.165, 1.54) is 35.1 Å². The number of carbonyl (C=O) groups excluding carboxylic acids is 1. The fourth-order valence-electron chi connectivity index (χ4n) is 3.65. The molecule has 0 atom stereocenters. The van der Waals surface area contributed by atoms with Crippen molar-refractivity contribution in [2.45, 2.75) is 44.3 Å². The molecule has 0 saturated carbocycles. The highest BCUT2D eigenvalue weighted by Gasteiger charge is 2.20. The van der Waals surface area contributed by atoms with Crippen LogP contribution in [0.5, 0.6) is 0 Å². The van der Waals surface area contributed by atoms with Crippen molar-refractivity contribution in [2.24, 2.45) is 0 Å². The van der Waals surface area contributed by atoms with Gasteiger partial charge in [0.05, 0.1) is 5.75 Å². The van der Waals surface area contributed by atoms with Gasteiger partial charge in [-0.1, -0.05) is 48.2 Å². The van der Waals surface area contributed by atoms with Gasteiger partial charge >= 0.3 is 0 Å². The number of piperidine rings is 1. The quantitative estimate of drug-likeness (QED) is 0.301. The number of hydrogen-bond acceptors (Lipinski definition) is 7. The van der Waals surface area contributed by atoms with Gasteiger partial charge in [-0.2, -0.15) is 4.98 Å². The Morgan fingerprint density at radius 1 is 1.22 bits per heavy atom. The minimum Gasteiger partial charge on any atom is -0.348 e. The third-order valence-electron chi connectivity index (χ3n) is 5.39. The van der Waals surface area contributed by atoms with Crippen LogP contribution in [0.2, 0.25) is 0 Å². The molecule has 1 amide bonds. The molecule has 0 bridgehead atoms. The zero-order valence-corrected chi connectivity index (χ0v) is 19.8. The Labute approximate surface area is 195 Å². The van der Waals surface area contributed by atoms with Crippen molar-refractivity contribution in [3.05, 3.63) is 52.8 Å². The van der Waals surface area contributed by atoms with Crippen LogP contribution in [0.4, 0.5) is 10.8 Å². The van der Waals surface area contributed by atoms with Crippen LogP contribution in [0, 0.1) is 0 Å². The summed E-state index contributed by atoms with van der Waals surface area (Å²) >= 11 is 2.64. The molecule has 1 saturated heterocycles. The monoisotopic (exact) mass is 469 g/mol. The van der Waals surface area contributed by atoms with Gasteiger partial charge in [-0.15, -0.1) is 6.58 Å². The van der Waals surface area contributed by atoms with E-state index >= 15 is 0 Å². The molecule has 32 heavy (non-hydrogen) atoms. The summed E-state index contributed by atoms with van der Waals surface area (Å²) in [6, 6.07) is 7.80. The lowest BCUT2D eigenvalue weighted by Crippen LogP contribution is -2.29. The van der Waals surface area contributed by atoms with E-state index in [0.29, 0.717) is 22.0 Å². The van der Waals surface area contributed by atoms with Gasteiger partial charge in [-0.05, 0) is 43.4 Å². The van der Waals surface area contributed by atoms with Crippen molar-refractivity contribution in [3.63, 3.8) is 0 Å². The highest BCUT2D eigenvalue weighted by atomic mass is 32.2. The lowest BCUT2D eigenvalue weighted by atomic mass is 10.1. The Hall–Kier alpha value is -2.65. The van der Waals surface area contributed by atoms with Gasteiger partial charge in [0.25, 0.3) is 5.56 Å². The predicted octanol–water partition coefficient (Wildman–Crippen LogP) is 4.32. The summed E-state index contributed by atoms with van der Waals surface area (Å²) in [5, 5.41) is 4.23. The van der Waals surface area contributed by atoms with Crippen molar-refractivity contribution in [1.82, 2.24) is 14.5 Å². The van der Waals surface area contributed by atoms with Crippen molar-refractivity contribution in [1.29, 1.82) is 0 Å². The molecule has 1 fully saturated rings. The number of aryl methyl sites for hydroxylation is 1. The smallest absolute Gasteiger partial charge is 0.274 e. The number of aromatic nitrogens is 3. The summed E-state index contributed by atoms with van der Waals surface area (Å²) < 4.78 is 2.12. The molecule has 7 nitrogen and oxygen atoms in total. The fraction of sp³-hybridized carbons (Fsp3) is 0.391. The minimum atomic E-state index is -0.147. The van der Waals surface area contributed by atoms with E-state index in [-0.39, 0.29) is 17.2 Å². The molecule has 2 aromatic heterocycles. The summed E-state index contributed by atoms with van der Waals surface area (Å²) in [5.41, 5.74) is 2.30. The lowest BCUT2D eigenvalue weighted by molar-refractivity contribution is -0.113. The summed E-state index contributed by atoms with van der Waals surface area (Å²) in [5.74, 6) is -0.000628. The summed E-state index contributed by atoms with van der Waals surface area (Å²) in [6.45, 7) is 8.11. The lowest BCUT2D eigenvalue weighted by Gasteiger charge is -2.25. The van der Waals surface area contributed by atoms with E-state index in [0.717, 1.165) is 43.2 Å². The van der Waals surface area contributed by atoms with Gasteiger partial charge in [0.15, 0.2) is 15.9 Å². The third-order valence-corrected chi connectivity index (χ3v) is 7.46. The Balaban J connectivity index is 1.53. The number of nitrogens with zero attached hydrogens (tertiary/aromatic N) is 4. The SMILES string of the molecule is C=CCn1c(SCC(=O)Nc2ccc(CC)cc2)nc2nc(N3CCCCC3)sc2c1=O. The number of benzene rings is 1. The van der Waals surface area contributed by atoms with Crippen molar-refractivity contribution < 1.29 is 4.79 Å². The van der Waals surface area contributed by atoms with Crippen molar-refractivity contribution in [3.8, 4) is 0 Å². The van der Waals surface area contributed by atoms with Crippen LogP contribution in [-0.2, 0) is 17.8 Å². The standard InChI is InChI=1S/C23H27N5O2S2/c1-3-12-28-21(30)19-20(25-22(32-19)27-13-6-5-7-14-27)26-23(28)31-15-18(29)24-17-10-8-16(4-2)9-11-17/h3,8-11H,1,4-7,12-15H2,2H3,(H,24,29). The second kappa shape index (κ2) is 10.3. The summed E-state index contributed by atoms with van der Waals surface area (Å²) in [4.78, 5) is 37.2. The first-order chi connectivity index (χ1) is 15.6. The zero-order valence-electron chi connectivity index (χ0n) is 18.2. The van der Waals surface area contributed by atoms with Gasteiger partial charge < -0.3 is 10.2 Å². The Morgan fingerprint density at radius 3 is 2.66 bits per heavy atom. The van der Waals surface area contributed by atoms with E-state index in [1.807, 2.05) is 24.3 Å².